The zero-order valence-corrected chi connectivity index (χ0v) is 15.6. The van der Waals surface area contributed by atoms with Gasteiger partial charge in [0.15, 0.2) is 0 Å². The van der Waals surface area contributed by atoms with Crippen molar-refractivity contribution in [1.29, 1.82) is 0 Å². The fourth-order valence-electron chi connectivity index (χ4n) is 2.73. The molecular formula is C18H15BrN2O3S. The van der Waals surface area contributed by atoms with Crippen LogP contribution in [0.5, 0.6) is 0 Å². The first kappa shape index (κ1) is 17.7. The van der Waals surface area contributed by atoms with Crippen molar-refractivity contribution in [2.45, 2.75) is 11.3 Å². The van der Waals surface area contributed by atoms with E-state index in [1.165, 1.54) is 24.3 Å². The number of hydrogen-bond acceptors (Lipinski definition) is 3. The van der Waals surface area contributed by atoms with Crippen LogP contribution in [0.3, 0.4) is 0 Å². The number of fused-ring (bicyclic) bond motifs is 1. The number of halogens is 1. The molecule has 7 heteroatoms. The lowest BCUT2D eigenvalue weighted by molar-refractivity contribution is 0.0989. The average Bonchev–Trinajstić information content (AvgIpc) is 3.02. The highest BCUT2D eigenvalue weighted by Crippen LogP contribution is 2.31. The fourth-order valence-corrected chi connectivity index (χ4v) is 4.08. The lowest BCUT2D eigenvalue weighted by Crippen LogP contribution is -2.29. The number of nitrogens with zero attached hydrogens (tertiary/aromatic N) is 1. The molecule has 1 aliphatic heterocycles. The Hall–Kier alpha value is -2.14. The van der Waals surface area contributed by atoms with Crippen LogP contribution in [-0.4, -0.2) is 27.4 Å². The third kappa shape index (κ3) is 3.61. The van der Waals surface area contributed by atoms with Crippen molar-refractivity contribution >= 4 is 37.5 Å². The Balaban J connectivity index is 1.82. The maximum Gasteiger partial charge on any atom is 0.258 e. The summed E-state index contributed by atoms with van der Waals surface area (Å²) in [5.41, 5.74) is 2.44. The molecule has 128 valence electrons. The molecule has 25 heavy (non-hydrogen) atoms. The second-order valence-electron chi connectivity index (χ2n) is 5.53. The standard InChI is InChI=1S/C18H15BrN2O3S/c1-2-10-20-25(23,24)16-6-3-13(4-7-16)18(22)21-11-9-14-12-15(19)5-8-17(14)21/h1,3-8,12,20H,9-11H2. The van der Waals surface area contributed by atoms with Gasteiger partial charge in [0.05, 0.1) is 11.4 Å². The molecule has 5 nitrogen and oxygen atoms in total. The largest absolute Gasteiger partial charge is 0.308 e. The van der Waals surface area contributed by atoms with Gasteiger partial charge < -0.3 is 4.90 Å². The monoisotopic (exact) mass is 418 g/mol. The number of benzene rings is 2. The highest BCUT2D eigenvalue weighted by molar-refractivity contribution is 9.10. The number of carbonyl (C=O) groups is 1. The summed E-state index contributed by atoms with van der Waals surface area (Å²) >= 11 is 3.43. The van der Waals surface area contributed by atoms with Crippen LogP contribution in [0.15, 0.2) is 51.8 Å². The Morgan fingerprint density at radius 1 is 1.24 bits per heavy atom. The molecule has 1 heterocycles. The summed E-state index contributed by atoms with van der Waals surface area (Å²) in [6.07, 6.45) is 5.86. The second-order valence-corrected chi connectivity index (χ2v) is 8.22. The highest BCUT2D eigenvalue weighted by Gasteiger charge is 2.26. The number of hydrogen-bond donors (Lipinski definition) is 1. The molecule has 0 saturated heterocycles. The number of sulfonamides is 1. The van der Waals surface area contributed by atoms with Gasteiger partial charge in [-0.1, -0.05) is 21.9 Å². The van der Waals surface area contributed by atoms with E-state index >= 15 is 0 Å². The van der Waals surface area contributed by atoms with E-state index in [-0.39, 0.29) is 17.3 Å². The minimum atomic E-state index is -3.66. The van der Waals surface area contributed by atoms with E-state index in [4.69, 9.17) is 6.42 Å². The molecular weight excluding hydrogens is 404 g/mol. The topological polar surface area (TPSA) is 66.5 Å². The van der Waals surface area contributed by atoms with Crippen molar-refractivity contribution in [1.82, 2.24) is 4.72 Å². The summed E-state index contributed by atoms with van der Waals surface area (Å²) in [7, 11) is -3.66. The second kappa shape index (κ2) is 7.00. The zero-order valence-electron chi connectivity index (χ0n) is 13.2. The molecule has 2 aromatic carbocycles. The summed E-state index contributed by atoms with van der Waals surface area (Å²) in [4.78, 5) is 14.5. The third-order valence-electron chi connectivity index (χ3n) is 3.96. The molecule has 0 saturated carbocycles. The normalized spacial score (nSPS) is 13.4. The quantitative estimate of drug-likeness (QED) is 0.775. The SMILES string of the molecule is C#CCNS(=O)(=O)c1ccc(C(=O)N2CCc3cc(Br)ccc32)cc1. The number of rotatable bonds is 4. The first-order chi connectivity index (χ1) is 11.9. The third-order valence-corrected chi connectivity index (χ3v) is 5.87. The Morgan fingerprint density at radius 2 is 1.96 bits per heavy atom. The van der Waals surface area contributed by atoms with Crippen molar-refractivity contribution in [2.75, 3.05) is 18.0 Å². The molecule has 0 radical (unpaired) electrons. The van der Waals surface area contributed by atoms with E-state index in [1.807, 2.05) is 18.2 Å². The van der Waals surface area contributed by atoms with Gasteiger partial charge in [-0.15, -0.1) is 6.42 Å². The summed E-state index contributed by atoms with van der Waals surface area (Å²) in [5.74, 6) is 2.07. The molecule has 0 unspecified atom stereocenters. The van der Waals surface area contributed by atoms with Crippen LogP contribution in [0.2, 0.25) is 0 Å². The minimum Gasteiger partial charge on any atom is -0.308 e. The summed E-state index contributed by atoms with van der Waals surface area (Å²) in [5, 5.41) is 0. The predicted molar refractivity (Wildman–Crippen MR) is 100.0 cm³/mol. The van der Waals surface area contributed by atoms with Crippen molar-refractivity contribution in [3.8, 4) is 12.3 Å². The van der Waals surface area contributed by atoms with Gasteiger partial charge >= 0.3 is 0 Å². The molecule has 0 bridgehead atoms. The fraction of sp³-hybridized carbons (Fsp3) is 0.167. The lowest BCUT2D eigenvalue weighted by atomic mass is 10.1. The van der Waals surface area contributed by atoms with Gasteiger partial charge in [-0.05, 0) is 54.4 Å². The van der Waals surface area contributed by atoms with Gasteiger partial charge in [-0.25, -0.2) is 8.42 Å². The summed E-state index contributed by atoms with van der Waals surface area (Å²) < 4.78 is 27.3. The molecule has 1 aliphatic rings. The maximum atomic E-state index is 12.8. The molecule has 3 rings (SSSR count). The van der Waals surface area contributed by atoms with E-state index < -0.39 is 10.0 Å². The first-order valence-corrected chi connectivity index (χ1v) is 9.83. The molecule has 2 aromatic rings. The van der Waals surface area contributed by atoms with E-state index in [9.17, 15) is 13.2 Å². The van der Waals surface area contributed by atoms with Gasteiger partial charge in [0.1, 0.15) is 0 Å². The predicted octanol–water partition coefficient (Wildman–Crippen LogP) is 2.56. The van der Waals surface area contributed by atoms with Crippen molar-refractivity contribution in [3.05, 3.63) is 58.1 Å². The molecule has 1 amide bonds. The number of terminal acetylenes is 1. The Bertz CT molecular complexity index is 963. The zero-order chi connectivity index (χ0) is 18.0. The lowest BCUT2D eigenvalue weighted by Gasteiger charge is -2.17. The molecule has 0 spiro atoms. The smallest absolute Gasteiger partial charge is 0.258 e. The number of anilines is 1. The van der Waals surface area contributed by atoms with Gasteiger partial charge in [0.2, 0.25) is 10.0 Å². The summed E-state index contributed by atoms with van der Waals surface area (Å²) in [6.45, 7) is 0.525. The number of nitrogens with one attached hydrogen (secondary N) is 1. The van der Waals surface area contributed by atoms with Crippen LogP contribution in [0.1, 0.15) is 15.9 Å². The Kier molecular flexibility index (Phi) is 4.95. The Morgan fingerprint density at radius 3 is 2.64 bits per heavy atom. The van der Waals surface area contributed by atoms with E-state index in [0.717, 1.165) is 22.1 Å². The first-order valence-electron chi connectivity index (χ1n) is 7.56. The number of amides is 1. The van der Waals surface area contributed by atoms with Crippen LogP contribution in [-0.2, 0) is 16.4 Å². The number of carbonyl (C=O) groups excluding carboxylic acids is 1. The van der Waals surface area contributed by atoms with Gasteiger partial charge in [0.25, 0.3) is 5.91 Å². The van der Waals surface area contributed by atoms with Gasteiger partial charge in [0, 0.05) is 22.3 Å². The van der Waals surface area contributed by atoms with Crippen molar-refractivity contribution in [3.63, 3.8) is 0 Å². The van der Waals surface area contributed by atoms with Gasteiger partial charge in [-0.2, -0.15) is 4.72 Å². The van der Waals surface area contributed by atoms with Gasteiger partial charge in [-0.3, -0.25) is 4.79 Å². The van der Waals surface area contributed by atoms with E-state index in [1.54, 1.807) is 4.90 Å². The molecule has 0 aromatic heterocycles. The van der Waals surface area contributed by atoms with Crippen LogP contribution >= 0.6 is 15.9 Å². The average molecular weight is 419 g/mol. The van der Waals surface area contributed by atoms with Crippen LogP contribution < -0.4 is 9.62 Å². The van der Waals surface area contributed by atoms with Crippen LogP contribution in [0, 0.1) is 12.3 Å². The van der Waals surface area contributed by atoms with Crippen LogP contribution in [0.25, 0.3) is 0 Å². The summed E-state index contributed by atoms with van der Waals surface area (Å²) in [6, 6.07) is 11.7. The van der Waals surface area contributed by atoms with E-state index in [2.05, 4.69) is 26.6 Å². The van der Waals surface area contributed by atoms with Crippen molar-refractivity contribution in [2.24, 2.45) is 0 Å². The molecule has 0 fully saturated rings. The molecule has 0 atom stereocenters. The van der Waals surface area contributed by atoms with Crippen molar-refractivity contribution < 1.29 is 13.2 Å². The maximum absolute atomic E-state index is 12.8. The van der Waals surface area contributed by atoms with Crippen LogP contribution in [0.4, 0.5) is 5.69 Å². The molecule has 0 aliphatic carbocycles. The minimum absolute atomic E-state index is 0.0741. The van der Waals surface area contributed by atoms with E-state index in [0.29, 0.717) is 12.1 Å². The highest BCUT2D eigenvalue weighted by atomic mass is 79.9. The Labute approximate surface area is 155 Å². The molecule has 1 N–H and O–H groups in total.